The van der Waals surface area contributed by atoms with Gasteiger partial charge >= 0.3 is 0 Å². The summed E-state index contributed by atoms with van der Waals surface area (Å²) in [5, 5.41) is 2.17. The van der Waals surface area contributed by atoms with Gasteiger partial charge in [0.1, 0.15) is 5.75 Å². The zero-order chi connectivity index (χ0) is 21.8. The van der Waals surface area contributed by atoms with Crippen molar-refractivity contribution < 1.29 is 17.9 Å². The third-order valence-electron chi connectivity index (χ3n) is 5.55. The normalized spacial score (nSPS) is 15.6. The van der Waals surface area contributed by atoms with E-state index in [-0.39, 0.29) is 24.0 Å². The Labute approximate surface area is 183 Å². The SMILES string of the molecule is Cc1ccc(S(=O)(=O)N2CCCN(C(=O)COc3ccc4ccccc4c3)CC2)cc1. The van der Waals surface area contributed by atoms with Crippen LogP contribution in [0.4, 0.5) is 0 Å². The highest BCUT2D eigenvalue weighted by Crippen LogP contribution is 2.21. The van der Waals surface area contributed by atoms with Crippen LogP contribution in [0.2, 0.25) is 0 Å². The van der Waals surface area contributed by atoms with Crippen LogP contribution in [0.15, 0.2) is 71.6 Å². The van der Waals surface area contributed by atoms with E-state index in [0.717, 1.165) is 16.3 Å². The average molecular weight is 439 g/mol. The van der Waals surface area contributed by atoms with Crippen LogP contribution in [0.1, 0.15) is 12.0 Å². The van der Waals surface area contributed by atoms with Crippen molar-refractivity contribution in [3.8, 4) is 5.75 Å². The van der Waals surface area contributed by atoms with Gasteiger partial charge in [0, 0.05) is 26.2 Å². The number of benzene rings is 3. The van der Waals surface area contributed by atoms with Crippen molar-refractivity contribution >= 4 is 26.7 Å². The number of hydrogen-bond acceptors (Lipinski definition) is 4. The monoisotopic (exact) mass is 438 g/mol. The molecule has 3 aromatic carbocycles. The zero-order valence-electron chi connectivity index (χ0n) is 17.5. The molecule has 0 aromatic heterocycles. The van der Waals surface area contributed by atoms with Crippen molar-refractivity contribution in [3.05, 3.63) is 72.3 Å². The number of fused-ring (bicyclic) bond motifs is 1. The molecule has 0 saturated carbocycles. The molecule has 1 saturated heterocycles. The molecule has 1 amide bonds. The summed E-state index contributed by atoms with van der Waals surface area (Å²) in [7, 11) is -3.56. The maximum atomic E-state index is 12.9. The van der Waals surface area contributed by atoms with Gasteiger partial charge in [0.2, 0.25) is 10.0 Å². The lowest BCUT2D eigenvalue weighted by Gasteiger charge is -2.22. The van der Waals surface area contributed by atoms with Crippen LogP contribution < -0.4 is 4.74 Å². The van der Waals surface area contributed by atoms with Gasteiger partial charge in [0.25, 0.3) is 5.91 Å². The Bertz CT molecular complexity index is 1180. The fourth-order valence-corrected chi connectivity index (χ4v) is 5.21. The molecule has 0 spiro atoms. The summed E-state index contributed by atoms with van der Waals surface area (Å²) in [6.07, 6.45) is 0.590. The van der Waals surface area contributed by atoms with E-state index >= 15 is 0 Å². The predicted molar refractivity (Wildman–Crippen MR) is 121 cm³/mol. The van der Waals surface area contributed by atoms with Crippen LogP contribution in [-0.2, 0) is 14.8 Å². The Kier molecular flexibility index (Phi) is 6.25. The van der Waals surface area contributed by atoms with E-state index in [1.807, 2.05) is 49.4 Å². The summed E-state index contributed by atoms with van der Waals surface area (Å²) in [5.74, 6) is 0.508. The highest BCUT2D eigenvalue weighted by atomic mass is 32.2. The summed E-state index contributed by atoms with van der Waals surface area (Å²) >= 11 is 0. The van der Waals surface area contributed by atoms with Gasteiger partial charge in [0.05, 0.1) is 4.90 Å². The number of sulfonamides is 1. The van der Waals surface area contributed by atoms with Gasteiger partial charge in [-0.3, -0.25) is 4.79 Å². The zero-order valence-corrected chi connectivity index (χ0v) is 18.3. The highest BCUT2D eigenvalue weighted by molar-refractivity contribution is 7.89. The first kappa shape index (κ1) is 21.3. The van der Waals surface area contributed by atoms with Crippen LogP contribution in [0.25, 0.3) is 10.8 Å². The van der Waals surface area contributed by atoms with Gasteiger partial charge < -0.3 is 9.64 Å². The number of ether oxygens (including phenoxy) is 1. The van der Waals surface area contributed by atoms with Gasteiger partial charge in [-0.05, 0) is 48.4 Å². The maximum absolute atomic E-state index is 12.9. The minimum Gasteiger partial charge on any atom is -0.484 e. The Balaban J connectivity index is 1.36. The quantitative estimate of drug-likeness (QED) is 0.612. The van der Waals surface area contributed by atoms with Crippen molar-refractivity contribution in [3.63, 3.8) is 0 Å². The predicted octanol–water partition coefficient (Wildman–Crippen LogP) is 3.45. The summed E-state index contributed by atoms with van der Waals surface area (Å²) in [4.78, 5) is 14.7. The van der Waals surface area contributed by atoms with Gasteiger partial charge in [0.15, 0.2) is 6.61 Å². The average Bonchev–Trinajstić information content (AvgIpc) is 3.05. The summed E-state index contributed by atoms with van der Waals surface area (Å²) < 4.78 is 33.1. The van der Waals surface area contributed by atoms with Gasteiger partial charge in [-0.15, -0.1) is 0 Å². The number of hydrogen-bond donors (Lipinski definition) is 0. The number of amides is 1. The number of carbonyl (C=O) groups is 1. The second-order valence-electron chi connectivity index (χ2n) is 7.75. The van der Waals surface area contributed by atoms with Crippen LogP contribution in [-0.4, -0.2) is 56.3 Å². The number of nitrogens with zero attached hydrogens (tertiary/aromatic N) is 2. The molecule has 4 rings (SSSR count). The Morgan fingerprint density at radius 1 is 0.903 bits per heavy atom. The van der Waals surface area contributed by atoms with Gasteiger partial charge in [-0.2, -0.15) is 4.31 Å². The third kappa shape index (κ3) is 4.89. The van der Waals surface area contributed by atoms with E-state index in [2.05, 4.69) is 0 Å². The largest absolute Gasteiger partial charge is 0.484 e. The molecular formula is C24H26N2O4S. The topological polar surface area (TPSA) is 66.9 Å². The molecule has 1 aliphatic rings. The molecule has 162 valence electrons. The minimum atomic E-state index is -3.56. The smallest absolute Gasteiger partial charge is 0.260 e. The van der Waals surface area contributed by atoms with Crippen molar-refractivity contribution in [2.75, 3.05) is 32.8 Å². The highest BCUT2D eigenvalue weighted by Gasteiger charge is 2.28. The molecular weight excluding hydrogens is 412 g/mol. The first-order chi connectivity index (χ1) is 14.9. The Morgan fingerprint density at radius 2 is 1.65 bits per heavy atom. The lowest BCUT2D eigenvalue weighted by Crippen LogP contribution is -2.39. The second kappa shape index (κ2) is 9.08. The molecule has 1 fully saturated rings. The molecule has 31 heavy (non-hydrogen) atoms. The lowest BCUT2D eigenvalue weighted by atomic mass is 10.1. The third-order valence-corrected chi connectivity index (χ3v) is 7.46. The molecule has 7 heteroatoms. The molecule has 0 N–H and O–H groups in total. The fourth-order valence-electron chi connectivity index (χ4n) is 3.74. The number of rotatable bonds is 5. The molecule has 0 atom stereocenters. The molecule has 6 nitrogen and oxygen atoms in total. The van der Waals surface area contributed by atoms with E-state index in [9.17, 15) is 13.2 Å². The van der Waals surface area contributed by atoms with E-state index in [0.29, 0.717) is 31.8 Å². The number of carbonyl (C=O) groups excluding carboxylic acids is 1. The molecule has 0 aliphatic carbocycles. The first-order valence-corrected chi connectivity index (χ1v) is 11.8. The van der Waals surface area contributed by atoms with Crippen molar-refractivity contribution in [1.29, 1.82) is 0 Å². The van der Waals surface area contributed by atoms with Crippen LogP contribution in [0, 0.1) is 6.92 Å². The summed E-state index contributed by atoms with van der Waals surface area (Å²) in [5.41, 5.74) is 1.01. The fraction of sp³-hybridized carbons (Fsp3) is 0.292. The lowest BCUT2D eigenvalue weighted by molar-refractivity contribution is -0.133. The first-order valence-electron chi connectivity index (χ1n) is 10.4. The van der Waals surface area contributed by atoms with Crippen LogP contribution in [0.5, 0.6) is 5.75 Å². The Morgan fingerprint density at radius 3 is 2.42 bits per heavy atom. The van der Waals surface area contributed by atoms with E-state index in [1.165, 1.54) is 4.31 Å². The van der Waals surface area contributed by atoms with E-state index < -0.39 is 10.0 Å². The molecule has 1 heterocycles. The van der Waals surface area contributed by atoms with Gasteiger partial charge in [-0.1, -0.05) is 48.0 Å². The van der Waals surface area contributed by atoms with Crippen molar-refractivity contribution in [2.45, 2.75) is 18.2 Å². The van der Waals surface area contributed by atoms with Crippen molar-refractivity contribution in [2.24, 2.45) is 0 Å². The van der Waals surface area contributed by atoms with E-state index in [1.54, 1.807) is 29.2 Å². The number of aryl methyl sites for hydroxylation is 1. The summed E-state index contributed by atoms with van der Waals surface area (Å²) in [6, 6.07) is 20.6. The molecule has 0 radical (unpaired) electrons. The summed E-state index contributed by atoms with van der Waals surface area (Å²) in [6.45, 7) is 3.39. The standard InChI is InChI=1S/C24H26N2O4S/c1-19-7-11-23(12-8-19)31(28,29)26-14-4-13-25(15-16-26)24(27)18-30-22-10-9-20-5-2-3-6-21(20)17-22/h2-3,5-12,17H,4,13-16,18H2,1H3. The minimum absolute atomic E-state index is 0.0664. The van der Waals surface area contributed by atoms with Crippen LogP contribution in [0.3, 0.4) is 0 Å². The van der Waals surface area contributed by atoms with E-state index in [4.69, 9.17) is 4.74 Å². The van der Waals surface area contributed by atoms with Crippen molar-refractivity contribution in [1.82, 2.24) is 9.21 Å². The maximum Gasteiger partial charge on any atom is 0.260 e. The molecule has 0 unspecified atom stereocenters. The Hall–Kier alpha value is -2.90. The molecule has 0 bridgehead atoms. The molecule has 1 aliphatic heterocycles. The van der Waals surface area contributed by atoms with Crippen LogP contribution >= 0.6 is 0 Å². The van der Waals surface area contributed by atoms with Gasteiger partial charge in [-0.25, -0.2) is 8.42 Å². The molecule has 3 aromatic rings. The second-order valence-corrected chi connectivity index (χ2v) is 9.69.